The van der Waals surface area contributed by atoms with Crippen molar-refractivity contribution in [1.82, 2.24) is 35.1 Å². The molecule has 3 aliphatic heterocycles. The summed E-state index contributed by atoms with van der Waals surface area (Å²) in [6.07, 6.45) is 4.37. The summed E-state index contributed by atoms with van der Waals surface area (Å²) in [7, 11) is 2.96. The van der Waals surface area contributed by atoms with Gasteiger partial charge in [-0.3, -0.25) is 9.59 Å². The van der Waals surface area contributed by atoms with Crippen LogP contribution in [0.1, 0.15) is 89.6 Å². The van der Waals surface area contributed by atoms with E-state index in [9.17, 15) is 14.4 Å². The molecule has 2 aromatic heterocycles. The van der Waals surface area contributed by atoms with E-state index in [1.54, 1.807) is 7.11 Å². The van der Waals surface area contributed by atoms with Gasteiger partial charge in [0.25, 0.3) is 0 Å². The number of alkyl carbamates (subject to hydrolysis) is 1. The predicted octanol–water partition coefficient (Wildman–Crippen LogP) is 7.93. The van der Waals surface area contributed by atoms with Crippen LogP contribution in [0.4, 0.5) is 4.79 Å². The Morgan fingerprint density at radius 1 is 0.966 bits per heavy atom. The van der Waals surface area contributed by atoms with Gasteiger partial charge in [-0.15, -0.1) is 0 Å². The van der Waals surface area contributed by atoms with E-state index in [4.69, 9.17) is 24.2 Å². The average molecular weight is 790 g/mol. The van der Waals surface area contributed by atoms with Gasteiger partial charge in [-0.05, 0) is 76.9 Å². The maximum Gasteiger partial charge on any atom is 0.407 e. The number of aromatic nitrogens is 4. The summed E-state index contributed by atoms with van der Waals surface area (Å²) in [5.41, 5.74) is 6.84. The summed E-state index contributed by atoms with van der Waals surface area (Å²) in [5, 5.41) is 4.76. The molecule has 5 heterocycles. The molecule has 3 unspecified atom stereocenters. The number of methoxy groups -OCH3 is 2. The molecule has 3 amide bonds. The number of carbonyl (C=O) groups is 3. The highest BCUT2D eigenvalue weighted by Gasteiger charge is 2.42. The van der Waals surface area contributed by atoms with Gasteiger partial charge in [-0.2, -0.15) is 0 Å². The number of aromatic amines is 2. The zero-order chi connectivity index (χ0) is 40.8. The molecule has 3 aliphatic rings. The van der Waals surface area contributed by atoms with Crippen molar-refractivity contribution in [3.05, 3.63) is 65.9 Å². The van der Waals surface area contributed by atoms with Crippen molar-refractivity contribution in [1.29, 1.82) is 0 Å². The number of benzene rings is 3. The van der Waals surface area contributed by atoms with Crippen molar-refractivity contribution in [2.45, 2.75) is 85.0 Å². The second-order valence-electron chi connectivity index (χ2n) is 17.0. The van der Waals surface area contributed by atoms with Crippen LogP contribution in [0.15, 0.2) is 48.7 Å². The van der Waals surface area contributed by atoms with E-state index in [2.05, 4.69) is 72.5 Å². The summed E-state index contributed by atoms with van der Waals surface area (Å²) >= 11 is 0. The summed E-state index contributed by atoms with van der Waals surface area (Å²) in [4.78, 5) is 60.3. The van der Waals surface area contributed by atoms with Crippen LogP contribution in [-0.4, -0.2) is 87.6 Å². The fraction of sp³-hybridized carbons (Fsp3) is 0.489. The lowest BCUT2D eigenvalue weighted by Gasteiger charge is -2.30. The topological polar surface area (TPSA) is 155 Å². The minimum Gasteiger partial charge on any atom is -0.488 e. The summed E-state index contributed by atoms with van der Waals surface area (Å²) < 4.78 is 16.8. The van der Waals surface area contributed by atoms with Crippen LogP contribution in [0.2, 0.25) is 0 Å². The maximum atomic E-state index is 14.0. The molecule has 13 heteroatoms. The van der Waals surface area contributed by atoms with Gasteiger partial charge in [-0.1, -0.05) is 59.2 Å². The molecule has 2 saturated heterocycles. The molecule has 8 rings (SSSR count). The number of nitrogens with zero attached hydrogens (tertiary/aromatic N) is 4. The Morgan fingerprint density at radius 3 is 2.53 bits per heavy atom. The number of ether oxygens (including phenoxy) is 3. The third kappa shape index (κ3) is 7.40. The molecule has 3 aromatic carbocycles. The van der Waals surface area contributed by atoms with E-state index < -0.39 is 12.1 Å². The normalized spacial score (nSPS) is 21.2. The quantitative estimate of drug-likeness (QED) is 0.122. The van der Waals surface area contributed by atoms with Crippen molar-refractivity contribution >= 4 is 39.7 Å². The highest BCUT2D eigenvalue weighted by Crippen LogP contribution is 2.44. The molecule has 306 valence electrons. The van der Waals surface area contributed by atoms with E-state index in [1.165, 1.54) is 7.11 Å². The molecule has 2 fully saturated rings. The summed E-state index contributed by atoms with van der Waals surface area (Å²) in [5.74, 6) is 3.12. The largest absolute Gasteiger partial charge is 0.488 e. The smallest absolute Gasteiger partial charge is 0.407 e. The zero-order valence-electron chi connectivity index (χ0n) is 34.6. The Kier molecular flexibility index (Phi) is 10.9. The molecule has 0 saturated carbocycles. The van der Waals surface area contributed by atoms with Crippen LogP contribution in [0, 0.1) is 23.7 Å². The predicted molar refractivity (Wildman–Crippen MR) is 222 cm³/mol. The Bertz CT molecular complexity index is 2350. The van der Waals surface area contributed by atoms with Crippen molar-refractivity contribution in [2.75, 3.05) is 33.9 Å². The standard InChI is InChI=1S/C45H55N7O6/c1-8-25(4)14-39(53)51-20-26(5)13-36(51)42-46-19-35(48-42)29-9-11-31-30(16-29)23-58-38-18-32-28(17-33(31)38)10-12-34-41(32)49-43(47-34)37-15-27(22-56-6)21-52(37)44(54)40(24(2)3)50-45(55)57-7/h9-12,16-19,24-27,36-37,40H,8,13-15,20-23H2,1-7H3,(H,46,48)(H,47,49)(H,50,55)/t25?,26-,27?,36?,37-,40-/m0/s1. The molecule has 13 nitrogen and oxygen atoms in total. The lowest BCUT2D eigenvalue weighted by molar-refractivity contribution is -0.136. The number of carbonyl (C=O) groups excluding carboxylic acids is 3. The lowest BCUT2D eigenvalue weighted by Crippen LogP contribution is -2.51. The van der Waals surface area contributed by atoms with Gasteiger partial charge < -0.3 is 39.3 Å². The van der Waals surface area contributed by atoms with Crippen LogP contribution < -0.4 is 10.1 Å². The number of H-pyrrole nitrogens is 2. The molecule has 0 bridgehead atoms. The highest BCUT2D eigenvalue weighted by atomic mass is 16.5. The summed E-state index contributed by atoms with van der Waals surface area (Å²) in [6, 6.07) is 13.7. The van der Waals surface area contributed by atoms with Crippen LogP contribution in [-0.2, 0) is 25.7 Å². The number of likely N-dealkylation sites (tertiary alicyclic amines) is 2. The molecule has 5 aromatic rings. The molecule has 0 aliphatic carbocycles. The number of hydrogen-bond donors (Lipinski definition) is 3. The first-order valence-corrected chi connectivity index (χ1v) is 20.7. The van der Waals surface area contributed by atoms with Gasteiger partial charge in [0.15, 0.2) is 0 Å². The fourth-order valence-electron chi connectivity index (χ4n) is 9.09. The highest BCUT2D eigenvalue weighted by molar-refractivity contribution is 6.07. The zero-order valence-corrected chi connectivity index (χ0v) is 34.6. The maximum absolute atomic E-state index is 14.0. The summed E-state index contributed by atoms with van der Waals surface area (Å²) in [6.45, 7) is 12.5. The van der Waals surface area contributed by atoms with Gasteiger partial charge >= 0.3 is 6.09 Å². The van der Waals surface area contributed by atoms with Crippen LogP contribution >= 0.6 is 0 Å². The molecule has 3 N–H and O–H groups in total. The number of rotatable bonds is 11. The molecule has 0 spiro atoms. The number of imidazole rings is 2. The first-order chi connectivity index (χ1) is 28.0. The van der Waals surface area contributed by atoms with Gasteiger partial charge in [0.2, 0.25) is 11.8 Å². The first-order valence-electron chi connectivity index (χ1n) is 20.7. The first kappa shape index (κ1) is 39.4. The van der Waals surface area contributed by atoms with Gasteiger partial charge in [-0.25, -0.2) is 14.8 Å². The average Bonchev–Trinajstić information content (AvgIpc) is 4.04. The second-order valence-corrected chi connectivity index (χ2v) is 17.0. The minimum absolute atomic E-state index is 0.0430. The van der Waals surface area contributed by atoms with Crippen molar-refractivity contribution < 1.29 is 28.6 Å². The Balaban J connectivity index is 1.06. The van der Waals surface area contributed by atoms with E-state index >= 15 is 0 Å². The van der Waals surface area contributed by atoms with Gasteiger partial charge in [0, 0.05) is 43.5 Å². The van der Waals surface area contributed by atoms with Gasteiger partial charge in [0.1, 0.15) is 30.0 Å². The number of hydrogen-bond acceptors (Lipinski definition) is 8. The minimum atomic E-state index is -0.746. The van der Waals surface area contributed by atoms with E-state index in [-0.39, 0.29) is 35.7 Å². The van der Waals surface area contributed by atoms with Crippen LogP contribution in [0.5, 0.6) is 5.75 Å². The molecule has 6 atom stereocenters. The molecule has 58 heavy (non-hydrogen) atoms. The van der Waals surface area contributed by atoms with E-state index in [1.807, 2.05) is 35.9 Å². The molecule has 0 radical (unpaired) electrons. The monoisotopic (exact) mass is 789 g/mol. The number of fused-ring (bicyclic) bond motifs is 6. The fourth-order valence-corrected chi connectivity index (χ4v) is 9.09. The second kappa shape index (κ2) is 16.1. The van der Waals surface area contributed by atoms with Crippen LogP contribution in [0.3, 0.4) is 0 Å². The van der Waals surface area contributed by atoms with Crippen molar-refractivity contribution in [3.63, 3.8) is 0 Å². The van der Waals surface area contributed by atoms with E-state index in [0.29, 0.717) is 50.3 Å². The Hall–Kier alpha value is -5.43. The molecular weight excluding hydrogens is 735 g/mol. The molecular formula is C45H55N7O6. The van der Waals surface area contributed by atoms with Gasteiger partial charge in [0.05, 0.1) is 48.7 Å². The third-order valence-corrected chi connectivity index (χ3v) is 12.4. The SMILES string of the molecule is CCC(C)CC(=O)N1C[C@@H](C)CC1c1ncc(-c2ccc3c(c2)COc2cc4c(ccc5nc([C@@H]6CC(COC)CN6C(=O)[C@@H](NC(=O)OC)C(C)C)[nH]c54)cc2-3)[nH]1. The number of amides is 3. The Morgan fingerprint density at radius 2 is 1.78 bits per heavy atom. The van der Waals surface area contributed by atoms with Crippen LogP contribution in [0.25, 0.3) is 44.2 Å². The van der Waals surface area contributed by atoms with E-state index in [0.717, 1.165) is 80.7 Å². The Labute approximate surface area is 339 Å². The number of nitrogens with one attached hydrogen (secondary N) is 3. The third-order valence-electron chi connectivity index (χ3n) is 12.4. The lowest BCUT2D eigenvalue weighted by atomic mass is 9.92. The van der Waals surface area contributed by atoms with Crippen molar-refractivity contribution in [3.8, 4) is 28.1 Å². The van der Waals surface area contributed by atoms with Crippen molar-refractivity contribution in [2.24, 2.45) is 23.7 Å².